The molecule has 1 saturated heterocycles. The van der Waals surface area contributed by atoms with Gasteiger partial charge in [-0.15, -0.1) is 0 Å². The van der Waals surface area contributed by atoms with E-state index in [9.17, 15) is 9.59 Å². The number of likely N-dealkylation sites (tertiary alicyclic amines) is 1. The van der Waals surface area contributed by atoms with Crippen molar-refractivity contribution >= 4 is 41.1 Å². The third-order valence-electron chi connectivity index (χ3n) is 4.86. The number of amides is 2. The van der Waals surface area contributed by atoms with E-state index in [-0.39, 0.29) is 17.7 Å². The summed E-state index contributed by atoms with van der Waals surface area (Å²) in [6.45, 7) is 1.53. The van der Waals surface area contributed by atoms with E-state index in [1.807, 2.05) is 42.5 Å². The zero-order valence-electron chi connectivity index (χ0n) is 15.4. The van der Waals surface area contributed by atoms with Crippen molar-refractivity contribution in [2.75, 3.05) is 13.1 Å². The highest BCUT2D eigenvalue weighted by atomic mass is 35.5. The van der Waals surface area contributed by atoms with Gasteiger partial charge in [0.05, 0.1) is 0 Å². The molecule has 2 aromatic carbocycles. The summed E-state index contributed by atoms with van der Waals surface area (Å²) >= 11 is 12.0. The fraction of sp³-hybridized carbons (Fsp3) is 0.273. The predicted octanol–water partition coefficient (Wildman–Crippen LogP) is 4.56. The van der Waals surface area contributed by atoms with Crippen molar-refractivity contribution in [3.63, 3.8) is 0 Å². The van der Waals surface area contributed by atoms with E-state index in [0.717, 1.165) is 11.1 Å². The number of halogens is 2. The molecule has 1 N–H and O–H groups in total. The number of piperidine rings is 1. The maximum absolute atomic E-state index is 12.4. The number of hydrogen-bond acceptors (Lipinski definition) is 2. The third-order valence-corrected chi connectivity index (χ3v) is 5.45. The Balaban J connectivity index is 1.46. The van der Waals surface area contributed by atoms with E-state index in [1.54, 1.807) is 23.1 Å². The molecule has 0 bridgehead atoms. The van der Waals surface area contributed by atoms with Crippen LogP contribution in [-0.2, 0) is 16.1 Å². The molecule has 1 heterocycles. The van der Waals surface area contributed by atoms with Gasteiger partial charge in [-0.1, -0.05) is 59.6 Å². The van der Waals surface area contributed by atoms with Gasteiger partial charge < -0.3 is 10.2 Å². The molecule has 28 heavy (non-hydrogen) atoms. The van der Waals surface area contributed by atoms with Gasteiger partial charge in [0.15, 0.2) is 0 Å². The first-order chi connectivity index (χ1) is 13.5. The number of benzene rings is 2. The quantitative estimate of drug-likeness (QED) is 0.726. The summed E-state index contributed by atoms with van der Waals surface area (Å²) in [6.07, 6.45) is 4.73. The lowest BCUT2D eigenvalue weighted by atomic mass is 9.95. The minimum absolute atomic E-state index is 0.00190. The molecule has 0 atom stereocenters. The first-order valence-corrected chi connectivity index (χ1v) is 10.0. The molecular weight excluding hydrogens is 395 g/mol. The topological polar surface area (TPSA) is 49.4 Å². The van der Waals surface area contributed by atoms with Gasteiger partial charge in [-0.2, -0.15) is 0 Å². The number of nitrogens with one attached hydrogen (secondary N) is 1. The van der Waals surface area contributed by atoms with Crippen molar-refractivity contribution < 1.29 is 9.59 Å². The van der Waals surface area contributed by atoms with E-state index >= 15 is 0 Å². The highest BCUT2D eigenvalue weighted by Crippen LogP contribution is 2.22. The van der Waals surface area contributed by atoms with Crippen LogP contribution < -0.4 is 5.32 Å². The van der Waals surface area contributed by atoms with E-state index < -0.39 is 0 Å². The summed E-state index contributed by atoms with van der Waals surface area (Å²) in [5.41, 5.74) is 1.82. The van der Waals surface area contributed by atoms with Gasteiger partial charge in [0.1, 0.15) is 0 Å². The average Bonchev–Trinajstić information content (AvgIpc) is 2.72. The summed E-state index contributed by atoms with van der Waals surface area (Å²) in [5, 5.41) is 4.04. The van der Waals surface area contributed by atoms with Crippen LogP contribution in [0.25, 0.3) is 6.08 Å². The zero-order chi connectivity index (χ0) is 19.9. The second-order valence-corrected chi connectivity index (χ2v) is 7.64. The minimum atomic E-state index is -0.0896. The lowest BCUT2D eigenvalue weighted by molar-refractivity contribution is -0.132. The first-order valence-electron chi connectivity index (χ1n) is 9.26. The van der Waals surface area contributed by atoms with Crippen LogP contribution in [0.5, 0.6) is 0 Å². The van der Waals surface area contributed by atoms with Crippen molar-refractivity contribution in [1.82, 2.24) is 10.2 Å². The number of carbonyl (C=O) groups is 2. The third kappa shape index (κ3) is 5.60. The molecule has 3 rings (SSSR count). The van der Waals surface area contributed by atoms with E-state index in [0.29, 0.717) is 42.5 Å². The van der Waals surface area contributed by atoms with Crippen molar-refractivity contribution in [2.45, 2.75) is 19.4 Å². The Morgan fingerprint density at radius 2 is 1.79 bits per heavy atom. The van der Waals surface area contributed by atoms with Crippen molar-refractivity contribution in [3.05, 3.63) is 75.8 Å². The Hall–Kier alpha value is -2.30. The highest BCUT2D eigenvalue weighted by molar-refractivity contribution is 6.35. The van der Waals surface area contributed by atoms with Crippen LogP contribution in [0.3, 0.4) is 0 Å². The van der Waals surface area contributed by atoms with E-state index in [1.165, 1.54) is 0 Å². The van der Waals surface area contributed by atoms with Crippen LogP contribution >= 0.6 is 23.2 Å². The predicted molar refractivity (Wildman–Crippen MR) is 113 cm³/mol. The molecule has 2 amide bonds. The van der Waals surface area contributed by atoms with Crippen molar-refractivity contribution in [1.29, 1.82) is 0 Å². The van der Waals surface area contributed by atoms with Crippen LogP contribution in [0.15, 0.2) is 54.6 Å². The van der Waals surface area contributed by atoms with E-state index in [2.05, 4.69) is 5.32 Å². The number of hydrogen-bond donors (Lipinski definition) is 1. The minimum Gasteiger partial charge on any atom is -0.352 e. The van der Waals surface area contributed by atoms with Gasteiger partial charge in [-0.05, 0) is 42.2 Å². The number of nitrogens with zero attached hydrogens (tertiary/aromatic N) is 1. The average molecular weight is 417 g/mol. The lowest BCUT2D eigenvalue weighted by Gasteiger charge is -2.30. The van der Waals surface area contributed by atoms with Crippen molar-refractivity contribution in [2.24, 2.45) is 5.92 Å². The molecule has 2 aromatic rings. The van der Waals surface area contributed by atoms with Gasteiger partial charge >= 0.3 is 0 Å². The molecule has 0 spiro atoms. The first kappa shape index (κ1) is 20.4. The molecule has 0 aliphatic carbocycles. The highest BCUT2D eigenvalue weighted by Gasteiger charge is 2.26. The van der Waals surface area contributed by atoms with Crippen LogP contribution in [0.4, 0.5) is 0 Å². The lowest BCUT2D eigenvalue weighted by Crippen LogP contribution is -2.42. The maximum Gasteiger partial charge on any atom is 0.246 e. The standard InChI is InChI=1S/C22H22Cl2N2O2/c23-19-8-7-18(20(24)14-19)15-25-22(28)17-10-12-26(13-11-17)21(27)9-6-16-4-2-1-3-5-16/h1-9,14,17H,10-13,15H2,(H,25,28)/b9-6+. The molecule has 0 radical (unpaired) electrons. The molecule has 146 valence electrons. The second kappa shape index (κ2) is 9.76. The Bertz CT molecular complexity index is 860. The molecule has 0 saturated carbocycles. The molecule has 6 heteroatoms. The van der Waals surface area contributed by atoms with Gasteiger partial charge in [-0.3, -0.25) is 9.59 Å². The summed E-state index contributed by atoms with van der Waals surface area (Å²) in [4.78, 5) is 26.6. The SMILES string of the molecule is O=C(NCc1ccc(Cl)cc1Cl)C1CCN(C(=O)/C=C/c2ccccc2)CC1. The Morgan fingerprint density at radius 3 is 2.46 bits per heavy atom. The Morgan fingerprint density at radius 1 is 1.07 bits per heavy atom. The number of rotatable bonds is 5. The van der Waals surface area contributed by atoms with Gasteiger partial charge in [0.25, 0.3) is 0 Å². The molecule has 1 fully saturated rings. The second-order valence-electron chi connectivity index (χ2n) is 6.80. The molecule has 1 aliphatic heterocycles. The molecular formula is C22H22Cl2N2O2. The Kier molecular flexibility index (Phi) is 7.12. The maximum atomic E-state index is 12.4. The fourth-order valence-corrected chi connectivity index (χ4v) is 3.67. The zero-order valence-corrected chi connectivity index (χ0v) is 16.9. The van der Waals surface area contributed by atoms with Crippen molar-refractivity contribution in [3.8, 4) is 0 Å². The Labute approximate surface area is 175 Å². The fourth-order valence-electron chi connectivity index (χ4n) is 3.19. The van der Waals surface area contributed by atoms with Crippen LogP contribution in [0.2, 0.25) is 10.0 Å². The van der Waals surface area contributed by atoms with Crippen LogP contribution in [0.1, 0.15) is 24.0 Å². The summed E-state index contributed by atoms with van der Waals surface area (Å²) in [6, 6.07) is 14.9. The van der Waals surface area contributed by atoms with Crippen LogP contribution in [0, 0.1) is 5.92 Å². The van der Waals surface area contributed by atoms with E-state index in [4.69, 9.17) is 23.2 Å². The smallest absolute Gasteiger partial charge is 0.246 e. The molecule has 0 aromatic heterocycles. The summed E-state index contributed by atoms with van der Waals surface area (Å²) < 4.78 is 0. The largest absolute Gasteiger partial charge is 0.352 e. The van der Waals surface area contributed by atoms with Gasteiger partial charge in [-0.25, -0.2) is 0 Å². The van der Waals surface area contributed by atoms with Gasteiger partial charge in [0, 0.05) is 41.7 Å². The number of carbonyl (C=O) groups excluding carboxylic acids is 2. The monoisotopic (exact) mass is 416 g/mol. The molecule has 0 unspecified atom stereocenters. The normalized spacial score (nSPS) is 15.0. The van der Waals surface area contributed by atoms with Crippen LogP contribution in [-0.4, -0.2) is 29.8 Å². The van der Waals surface area contributed by atoms with Gasteiger partial charge in [0.2, 0.25) is 11.8 Å². The summed E-state index contributed by atoms with van der Waals surface area (Å²) in [5.74, 6) is -0.109. The molecule has 1 aliphatic rings. The summed E-state index contributed by atoms with van der Waals surface area (Å²) in [7, 11) is 0. The molecule has 4 nitrogen and oxygen atoms in total.